The number of hydrogen-bond donors (Lipinski definition) is 2. The largest absolute Gasteiger partial charge is 0.324 e. The summed E-state index contributed by atoms with van der Waals surface area (Å²) in [4.78, 5) is 0. The van der Waals surface area contributed by atoms with Gasteiger partial charge in [-0.2, -0.15) is 8.78 Å². The van der Waals surface area contributed by atoms with E-state index in [1.54, 1.807) is 12.1 Å². The molecule has 2 rings (SSSR count). The Morgan fingerprint density at radius 1 is 1.28 bits per heavy atom. The summed E-state index contributed by atoms with van der Waals surface area (Å²) in [6.07, 6.45) is -3.21. The van der Waals surface area contributed by atoms with E-state index in [0.717, 1.165) is 11.1 Å². The first kappa shape index (κ1) is 13.3. The molecule has 0 aromatic heterocycles. The quantitative estimate of drug-likeness (QED) is 0.819. The normalized spacial score (nSPS) is 23.4. The van der Waals surface area contributed by atoms with Gasteiger partial charge < -0.3 is 11.1 Å². The lowest BCUT2D eigenvalue weighted by atomic mass is 10.1. The van der Waals surface area contributed by atoms with Crippen molar-refractivity contribution >= 4 is 0 Å². The Hall–Kier alpha value is -1.14. The molecular formula is C12H14F4N2. The second-order valence-electron chi connectivity index (χ2n) is 4.47. The minimum Gasteiger partial charge on any atom is -0.324 e. The molecule has 1 aliphatic rings. The molecule has 18 heavy (non-hydrogen) atoms. The van der Waals surface area contributed by atoms with Crippen LogP contribution in [-0.4, -0.2) is 18.9 Å². The van der Waals surface area contributed by atoms with Crippen molar-refractivity contribution in [3.63, 3.8) is 0 Å². The number of hydrogen-bond acceptors (Lipinski definition) is 2. The fourth-order valence-electron chi connectivity index (χ4n) is 2.20. The third kappa shape index (κ3) is 2.49. The van der Waals surface area contributed by atoms with E-state index in [-0.39, 0.29) is 12.1 Å². The van der Waals surface area contributed by atoms with Crippen molar-refractivity contribution in [3.8, 4) is 0 Å². The highest BCUT2D eigenvalue weighted by atomic mass is 19.3. The van der Waals surface area contributed by atoms with Gasteiger partial charge in [-0.25, -0.2) is 8.78 Å². The molecule has 0 saturated carbocycles. The minimum atomic E-state index is -4.01. The molecule has 0 bridgehead atoms. The van der Waals surface area contributed by atoms with Crippen LogP contribution in [0.3, 0.4) is 0 Å². The van der Waals surface area contributed by atoms with Crippen molar-refractivity contribution in [2.45, 2.75) is 30.9 Å². The van der Waals surface area contributed by atoms with Crippen LogP contribution in [0, 0.1) is 0 Å². The third-order valence-corrected chi connectivity index (χ3v) is 3.16. The molecule has 2 nitrogen and oxygen atoms in total. The van der Waals surface area contributed by atoms with Crippen molar-refractivity contribution in [1.29, 1.82) is 0 Å². The van der Waals surface area contributed by atoms with E-state index in [9.17, 15) is 17.6 Å². The van der Waals surface area contributed by atoms with Gasteiger partial charge >= 0.3 is 12.3 Å². The van der Waals surface area contributed by atoms with Crippen LogP contribution in [0.4, 0.5) is 17.6 Å². The number of halogens is 4. The molecule has 0 heterocycles. The fourth-order valence-corrected chi connectivity index (χ4v) is 2.20. The Bertz CT molecular complexity index is 422. The van der Waals surface area contributed by atoms with Crippen molar-refractivity contribution in [1.82, 2.24) is 5.32 Å². The van der Waals surface area contributed by atoms with E-state index in [2.05, 4.69) is 5.32 Å². The van der Waals surface area contributed by atoms with E-state index >= 15 is 0 Å². The molecule has 0 aliphatic heterocycles. The maximum absolute atomic E-state index is 12.8. The topological polar surface area (TPSA) is 38.0 Å². The summed E-state index contributed by atoms with van der Waals surface area (Å²) in [6, 6.07) is 6.57. The number of rotatable bonds is 4. The van der Waals surface area contributed by atoms with Gasteiger partial charge in [0.05, 0.1) is 6.54 Å². The minimum absolute atomic E-state index is 0.237. The SMILES string of the molecule is NC1CC(NCC(F)(F)C(F)F)c2ccccc21. The fraction of sp³-hybridized carbons (Fsp3) is 0.500. The molecule has 1 aromatic rings. The van der Waals surface area contributed by atoms with Gasteiger partial charge in [0.25, 0.3) is 0 Å². The van der Waals surface area contributed by atoms with E-state index in [1.807, 2.05) is 12.1 Å². The molecule has 100 valence electrons. The van der Waals surface area contributed by atoms with E-state index < -0.39 is 18.9 Å². The summed E-state index contributed by atoms with van der Waals surface area (Å²) < 4.78 is 49.7. The van der Waals surface area contributed by atoms with Gasteiger partial charge in [0, 0.05) is 12.1 Å². The van der Waals surface area contributed by atoms with Crippen LogP contribution in [0.25, 0.3) is 0 Å². The van der Waals surface area contributed by atoms with Crippen LogP contribution >= 0.6 is 0 Å². The highest BCUT2D eigenvalue weighted by molar-refractivity contribution is 5.37. The first-order valence-corrected chi connectivity index (χ1v) is 5.65. The van der Waals surface area contributed by atoms with Crippen molar-refractivity contribution in [2.75, 3.05) is 6.54 Å². The van der Waals surface area contributed by atoms with E-state index in [1.165, 1.54) is 0 Å². The lowest BCUT2D eigenvalue weighted by Crippen LogP contribution is -2.40. The second-order valence-corrected chi connectivity index (χ2v) is 4.47. The van der Waals surface area contributed by atoms with Gasteiger partial charge in [-0.3, -0.25) is 0 Å². The zero-order valence-electron chi connectivity index (χ0n) is 9.54. The molecule has 0 saturated heterocycles. The van der Waals surface area contributed by atoms with Crippen LogP contribution < -0.4 is 11.1 Å². The molecule has 0 radical (unpaired) electrons. The highest BCUT2D eigenvalue weighted by Gasteiger charge is 2.41. The first-order valence-electron chi connectivity index (χ1n) is 5.65. The average molecular weight is 262 g/mol. The molecule has 0 spiro atoms. The smallest absolute Gasteiger partial charge is 0.319 e. The van der Waals surface area contributed by atoms with Crippen LogP contribution in [0.5, 0.6) is 0 Å². The highest BCUT2D eigenvalue weighted by Crippen LogP contribution is 2.37. The zero-order valence-corrected chi connectivity index (χ0v) is 9.54. The summed E-state index contributed by atoms with van der Waals surface area (Å²) in [5.74, 6) is -4.01. The van der Waals surface area contributed by atoms with Gasteiger partial charge in [0.1, 0.15) is 0 Å². The predicted octanol–water partition coefficient (Wildman–Crippen LogP) is 2.62. The lowest BCUT2D eigenvalue weighted by Gasteiger charge is -2.20. The van der Waals surface area contributed by atoms with Crippen molar-refractivity contribution in [3.05, 3.63) is 35.4 Å². The molecule has 2 atom stereocenters. The predicted molar refractivity (Wildman–Crippen MR) is 59.7 cm³/mol. The summed E-state index contributed by atoms with van der Waals surface area (Å²) in [5.41, 5.74) is 7.56. The first-order chi connectivity index (χ1) is 8.42. The Labute approximate surface area is 102 Å². The standard InChI is InChI=1S/C12H14F4N2/c13-11(14)12(15,16)6-18-10-5-9(17)7-3-1-2-4-8(7)10/h1-4,9-11,18H,5-6,17H2. The Balaban J connectivity index is 2.05. The number of benzene rings is 1. The van der Waals surface area contributed by atoms with Crippen molar-refractivity contribution < 1.29 is 17.6 Å². The molecule has 0 fully saturated rings. The van der Waals surface area contributed by atoms with E-state index in [4.69, 9.17) is 5.73 Å². The van der Waals surface area contributed by atoms with Crippen LogP contribution in [-0.2, 0) is 0 Å². The number of nitrogens with one attached hydrogen (secondary N) is 1. The molecular weight excluding hydrogens is 248 g/mol. The molecule has 1 aromatic carbocycles. The maximum Gasteiger partial charge on any atom is 0.319 e. The molecule has 1 aliphatic carbocycles. The molecule has 3 N–H and O–H groups in total. The molecule has 6 heteroatoms. The van der Waals surface area contributed by atoms with Gasteiger partial charge in [-0.05, 0) is 17.5 Å². The summed E-state index contributed by atoms with van der Waals surface area (Å²) in [7, 11) is 0. The number of fused-ring (bicyclic) bond motifs is 1. The van der Waals surface area contributed by atoms with Gasteiger partial charge in [0.15, 0.2) is 0 Å². The van der Waals surface area contributed by atoms with E-state index in [0.29, 0.717) is 6.42 Å². The lowest BCUT2D eigenvalue weighted by molar-refractivity contribution is -0.126. The zero-order chi connectivity index (χ0) is 13.3. The Morgan fingerprint density at radius 2 is 1.89 bits per heavy atom. The Kier molecular flexibility index (Phi) is 3.59. The number of nitrogens with two attached hydrogens (primary N) is 1. The maximum atomic E-state index is 12.8. The van der Waals surface area contributed by atoms with Gasteiger partial charge in [0.2, 0.25) is 0 Å². The second kappa shape index (κ2) is 4.85. The van der Waals surface area contributed by atoms with Gasteiger partial charge in [-0.1, -0.05) is 24.3 Å². The Morgan fingerprint density at radius 3 is 2.50 bits per heavy atom. The van der Waals surface area contributed by atoms with Crippen molar-refractivity contribution in [2.24, 2.45) is 5.73 Å². The molecule has 2 unspecified atom stereocenters. The third-order valence-electron chi connectivity index (χ3n) is 3.16. The summed E-state index contributed by atoms with van der Waals surface area (Å²) >= 11 is 0. The monoisotopic (exact) mass is 262 g/mol. The van der Waals surface area contributed by atoms with Crippen LogP contribution in [0.1, 0.15) is 29.6 Å². The average Bonchev–Trinajstić information content (AvgIpc) is 2.65. The van der Waals surface area contributed by atoms with Crippen LogP contribution in [0.15, 0.2) is 24.3 Å². The summed E-state index contributed by atoms with van der Waals surface area (Å²) in [5, 5.41) is 2.48. The number of alkyl halides is 4. The van der Waals surface area contributed by atoms with Crippen LogP contribution in [0.2, 0.25) is 0 Å². The molecule has 0 amide bonds. The van der Waals surface area contributed by atoms with Gasteiger partial charge in [-0.15, -0.1) is 0 Å². The summed E-state index contributed by atoms with van der Waals surface area (Å²) in [6.45, 7) is -1.05.